The Bertz CT molecular complexity index is 254. The molecule has 0 amide bonds. The molecule has 0 aromatic carbocycles. The van der Waals surface area contributed by atoms with Crippen LogP contribution >= 0.6 is 11.8 Å². The maximum atomic E-state index is 10.7. The van der Waals surface area contributed by atoms with Gasteiger partial charge in [0.25, 0.3) is 0 Å². The minimum absolute atomic E-state index is 0.115. The van der Waals surface area contributed by atoms with Crippen LogP contribution in [-0.4, -0.2) is 90.7 Å². The van der Waals surface area contributed by atoms with E-state index < -0.39 is 0 Å². The lowest BCUT2D eigenvalue weighted by atomic mass is 10.7. The number of carbonyl (C=O) groups excluding carboxylic acids is 1. The third-order valence-electron chi connectivity index (χ3n) is 2.45. The summed E-state index contributed by atoms with van der Waals surface area (Å²) < 4.78 is 31.5. The van der Waals surface area contributed by atoms with Gasteiger partial charge in [-0.25, -0.2) is 0 Å². The molecule has 0 bridgehead atoms. The Balaban J connectivity index is 2.96. The molecule has 0 radical (unpaired) electrons. The topological polar surface area (TPSA) is 72.5 Å². The van der Waals surface area contributed by atoms with E-state index in [1.165, 1.54) is 11.8 Å². The predicted octanol–water partition coefficient (Wildman–Crippen LogP) is 0.996. The molecule has 0 aliphatic carbocycles. The van der Waals surface area contributed by atoms with Crippen LogP contribution in [0, 0.1) is 0 Å². The van der Waals surface area contributed by atoms with Crippen molar-refractivity contribution in [2.45, 2.75) is 6.92 Å². The zero-order valence-corrected chi connectivity index (χ0v) is 15.1. The lowest BCUT2D eigenvalue weighted by Gasteiger charge is -2.07. The van der Waals surface area contributed by atoms with E-state index in [1.54, 1.807) is 14.0 Å². The number of rotatable bonds is 18. The SMILES string of the molecule is COCCOCCOCCOCCOCCOCCSC(C)=O. The van der Waals surface area contributed by atoms with Crippen molar-refractivity contribution >= 4 is 16.9 Å². The second-order valence-corrected chi connectivity index (χ2v) is 5.67. The number of ether oxygens (including phenoxy) is 6. The fraction of sp³-hybridized carbons (Fsp3) is 0.933. The first-order valence-corrected chi connectivity index (χ1v) is 8.77. The largest absolute Gasteiger partial charge is 0.382 e. The summed E-state index contributed by atoms with van der Waals surface area (Å²) in [5, 5.41) is 0.115. The van der Waals surface area contributed by atoms with E-state index in [2.05, 4.69) is 0 Å². The van der Waals surface area contributed by atoms with Crippen LogP contribution in [0.2, 0.25) is 0 Å². The van der Waals surface area contributed by atoms with Gasteiger partial charge < -0.3 is 28.4 Å². The Kier molecular flexibility index (Phi) is 19.6. The summed E-state index contributed by atoms with van der Waals surface area (Å²) in [6.45, 7) is 7.66. The molecule has 0 aromatic heterocycles. The van der Waals surface area contributed by atoms with Crippen molar-refractivity contribution < 1.29 is 33.2 Å². The maximum Gasteiger partial charge on any atom is 0.185 e. The second kappa shape index (κ2) is 19.8. The summed E-state index contributed by atoms with van der Waals surface area (Å²) in [5.41, 5.74) is 0. The van der Waals surface area contributed by atoms with Gasteiger partial charge in [-0.1, -0.05) is 11.8 Å². The summed E-state index contributed by atoms with van der Waals surface area (Å²) in [7, 11) is 1.64. The maximum absolute atomic E-state index is 10.7. The average Bonchev–Trinajstić information content (AvgIpc) is 2.53. The Morgan fingerprint density at radius 1 is 0.652 bits per heavy atom. The van der Waals surface area contributed by atoms with E-state index in [0.717, 1.165) is 0 Å². The molecule has 0 rings (SSSR count). The quantitative estimate of drug-likeness (QED) is 0.338. The van der Waals surface area contributed by atoms with Crippen LogP contribution in [-0.2, 0) is 33.2 Å². The number of hydrogen-bond acceptors (Lipinski definition) is 8. The van der Waals surface area contributed by atoms with Gasteiger partial charge in [0.2, 0.25) is 0 Å². The van der Waals surface area contributed by atoms with Gasteiger partial charge in [0.05, 0.1) is 72.7 Å². The zero-order valence-electron chi connectivity index (χ0n) is 14.3. The highest BCUT2D eigenvalue weighted by Crippen LogP contribution is 1.99. The third kappa shape index (κ3) is 21.8. The summed E-state index contributed by atoms with van der Waals surface area (Å²) in [6, 6.07) is 0. The lowest BCUT2D eigenvalue weighted by molar-refractivity contribution is -0.109. The molecule has 8 heteroatoms. The normalized spacial score (nSPS) is 11.0. The molecule has 0 aliphatic rings. The van der Waals surface area contributed by atoms with Gasteiger partial charge in [0.15, 0.2) is 5.12 Å². The van der Waals surface area contributed by atoms with Gasteiger partial charge in [-0.2, -0.15) is 0 Å². The molecule has 0 unspecified atom stereocenters. The molecule has 0 saturated carbocycles. The summed E-state index contributed by atoms with van der Waals surface area (Å²) in [6.07, 6.45) is 0. The van der Waals surface area contributed by atoms with Crippen LogP contribution in [0.4, 0.5) is 0 Å². The van der Waals surface area contributed by atoms with Crippen LogP contribution in [0.25, 0.3) is 0 Å². The second-order valence-electron chi connectivity index (χ2n) is 4.39. The number of hydrogen-bond donors (Lipinski definition) is 0. The molecule has 0 saturated heterocycles. The minimum atomic E-state index is 0.115. The lowest BCUT2D eigenvalue weighted by Crippen LogP contribution is -2.14. The average molecular weight is 354 g/mol. The summed E-state index contributed by atoms with van der Waals surface area (Å²) in [5.74, 6) is 0.690. The number of thioether (sulfide) groups is 1. The Morgan fingerprint density at radius 3 is 1.35 bits per heavy atom. The van der Waals surface area contributed by atoms with Crippen molar-refractivity contribution in [1.82, 2.24) is 0 Å². The third-order valence-corrected chi connectivity index (χ3v) is 3.23. The van der Waals surface area contributed by atoms with Crippen LogP contribution < -0.4 is 0 Å². The molecule has 0 spiro atoms. The highest BCUT2D eigenvalue weighted by atomic mass is 32.2. The van der Waals surface area contributed by atoms with Gasteiger partial charge in [0, 0.05) is 19.8 Å². The van der Waals surface area contributed by atoms with Gasteiger partial charge in [-0.3, -0.25) is 4.79 Å². The molecule has 0 heterocycles. The van der Waals surface area contributed by atoms with Crippen molar-refractivity contribution in [2.75, 3.05) is 85.5 Å². The van der Waals surface area contributed by atoms with Crippen LogP contribution in [0.3, 0.4) is 0 Å². The van der Waals surface area contributed by atoms with E-state index in [9.17, 15) is 4.79 Å². The number of methoxy groups -OCH3 is 1. The van der Waals surface area contributed by atoms with Crippen molar-refractivity contribution in [2.24, 2.45) is 0 Å². The molecular formula is C15H30O7S. The number of carbonyl (C=O) groups is 1. The minimum Gasteiger partial charge on any atom is -0.382 e. The first-order valence-electron chi connectivity index (χ1n) is 7.78. The van der Waals surface area contributed by atoms with Crippen LogP contribution in [0.15, 0.2) is 0 Å². The smallest absolute Gasteiger partial charge is 0.185 e. The summed E-state index contributed by atoms with van der Waals surface area (Å²) in [4.78, 5) is 10.7. The molecule has 7 nitrogen and oxygen atoms in total. The summed E-state index contributed by atoms with van der Waals surface area (Å²) >= 11 is 1.27. The molecular weight excluding hydrogens is 324 g/mol. The molecule has 0 atom stereocenters. The fourth-order valence-corrected chi connectivity index (χ4v) is 1.86. The monoisotopic (exact) mass is 354 g/mol. The molecule has 23 heavy (non-hydrogen) atoms. The highest BCUT2D eigenvalue weighted by Gasteiger charge is 1.95. The van der Waals surface area contributed by atoms with Gasteiger partial charge in [-0.15, -0.1) is 0 Å². The van der Waals surface area contributed by atoms with Crippen LogP contribution in [0.1, 0.15) is 6.92 Å². The van der Waals surface area contributed by atoms with E-state index in [-0.39, 0.29) is 5.12 Å². The fourth-order valence-electron chi connectivity index (χ4n) is 1.37. The van der Waals surface area contributed by atoms with Crippen molar-refractivity contribution in [3.63, 3.8) is 0 Å². The van der Waals surface area contributed by atoms with E-state index in [1.807, 2.05) is 0 Å². The van der Waals surface area contributed by atoms with E-state index >= 15 is 0 Å². The zero-order chi connectivity index (χ0) is 17.0. The first-order chi connectivity index (χ1) is 11.3. The van der Waals surface area contributed by atoms with Gasteiger partial charge in [0.1, 0.15) is 0 Å². The predicted molar refractivity (Wildman–Crippen MR) is 89.1 cm³/mol. The molecule has 138 valence electrons. The van der Waals surface area contributed by atoms with Crippen LogP contribution in [0.5, 0.6) is 0 Å². The van der Waals surface area contributed by atoms with Crippen molar-refractivity contribution in [1.29, 1.82) is 0 Å². The van der Waals surface area contributed by atoms with E-state index in [0.29, 0.717) is 78.4 Å². The molecule has 0 aliphatic heterocycles. The van der Waals surface area contributed by atoms with Crippen molar-refractivity contribution in [3.05, 3.63) is 0 Å². The van der Waals surface area contributed by atoms with Gasteiger partial charge in [-0.05, 0) is 0 Å². The highest BCUT2D eigenvalue weighted by molar-refractivity contribution is 8.13. The molecule has 0 N–H and O–H groups in total. The first kappa shape index (κ1) is 22.8. The molecule has 0 fully saturated rings. The van der Waals surface area contributed by atoms with Crippen molar-refractivity contribution in [3.8, 4) is 0 Å². The van der Waals surface area contributed by atoms with E-state index in [4.69, 9.17) is 28.4 Å². The van der Waals surface area contributed by atoms with Gasteiger partial charge >= 0.3 is 0 Å². The Morgan fingerprint density at radius 2 is 1.00 bits per heavy atom. The Hall–Kier alpha value is -0.220. The standard InChI is InChI=1S/C15H30O7S/c1-15(16)23-14-13-22-12-11-21-10-9-20-8-7-19-6-5-18-4-3-17-2/h3-14H2,1-2H3. The Labute approximate surface area is 143 Å². The molecule has 0 aromatic rings.